The third-order valence-corrected chi connectivity index (χ3v) is 5.19. The number of hydrogen-bond acceptors (Lipinski definition) is 7. The number of carboxylic acid groups (broad SMARTS) is 1. The van der Waals surface area contributed by atoms with Crippen molar-refractivity contribution in [1.29, 1.82) is 0 Å². The van der Waals surface area contributed by atoms with Gasteiger partial charge in [0.15, 0.2) is 0 Å². The van der Waals surface area contributed by atoms with Crippen LogP contribution in [0, 0.1) is 19.8 Å². The molecule has 4 N–H and O–H groups in total. The molecule has 3 rings (SSSR count). The van der Waals surface area contributed by atoms with Crippen LogP contribution in [0.1, 0.15) is 42.1 Å². The van der Waals surface area contributed by atoms with Gasteiger partial charge < -0.3 is 30.0 Å². The average Bonchev–Trinajstić information content (AvgIpc) is 3.34. The van der Waals surface area contributed by atoms with Crippen molar-refractivity contribution in [2.75, 3.05) is 7.11 Å². The molecular formula is C20H29N5O6. The Labute approximate surface area is 179 Å². The molecular weight excluding hydrogens is 406 g/mol. The summed E-state index contributed by atoms with van der Waals surface area (Å²) in [6.07, 6.45) is 3.63. The van der Waals surface area contributed by atoms with E-state index in [2.05, 4.69) is 25.8 Å². The van der Waals surface area contributed by atoms with Gasteiger partial charge in [0.05, 0.1) is 37.1 Å². The maximum absolute atomic E-state index is 12.6. The highest BCUT2D eigenvalue weighted by Gasteiger charge is 2.35. The molecule has 3 atom stereocenters. The van der Waals surface area contributed by atoms with Gasteiger partial charge in [-0.05, 0) is 33.1 Å². The van der Waals surface area contributed by atoms with E-state index in [0.29, 0.717) is 37.3 Å². The van der Waals surface area contributed by atoms with E-state index in [0.717, 1.165) is 11.4 Å². The van der Waals surface area contributed by atoms with Crippen LogP contribution in [0.3, 0.4) is 0 Å². The van der Waals surface area contributed by atoms with Gasteiger partial charge in [0, 0.05) is 24.8 Å². The number of rotatable bonds is 7. The molecule has 1 aliphatic carbocycles. The SMILES string of the molecule is CO[C@@H]1CC[C@H](C(=O)NCc2cc(C)on2)C[C@H]1NC(=O)Cc1nc[nH]c1C.O=CO. The number of methoxy groups -OCH3 is 1. The molecule has 0 radical (unpaired) electrons. The van der Waals surface area contributed by atoms with Crippen LogP contribution in [0.2, 0.25) is 0 Å². The quantitative estimate of drug-likeness (QED) is 0.466. The number of imidazole rings is 1. The van der Waals surface area contributed by atoms with E-state index >= 15 is 0 Å². The molecule has 170 valence electrons. The first-order valence-electron chi connectivity index (χ1n) is 9.96. The molecule has 11 nitrogen and oxygen atoms in total. The lowest BCUT2D eigenvalue weighted by molar-refractivity contribution is -0.129. The molecule has 31 heavy (non-hydrogen) atoms. The first kappa shape index (κ1) is 24.1. The second-order valence-electron chi connectivity index (χ2n) is 7.36. The highest BCUT2D eigenvalue weighted by molar-refractivity contribution is 5.80. The van der Waals surface area contributed by atoms with E-state index in [4.69, 9.17) is 19.2 Å². The molecule has 0 bridgehead atoms. The minimum Gasteiger partial charge on any atom is -0.483 e. The fourth-order valence-electron chi connectivity index (χ4n) is 3.61. The average molecular weight is 435 g/mol. The van der Waals surface area contributed by atoms with Crippen LogP contribution in [-0.4, -0.2) is 57.8 Å². The van der Waals surface area contributed by atoms with Crippen LogP contribution in [-0.2, 0) is 32.1 Å². The van der Waals surface area contributed by atoms with Gasteiger partial charge in [0.25, 0.3) is 6.47 Å². The fraction of sp³-hybridized carbons (Fsp3) is 0.550. The van der Waals surface area contributed by atoms with Gasteiger partial charge in [-0.2, -0.15) is 0 Å². The number of ether oxygens (including phenoxy) is 1. The van der Waals surface area contributed by atoms with E-state index in [-0.39, 0.29) is 42.8 Å². The Morgan fingerprint density at radius 2 is 2.13 bits per heavy atom. The van der Waals surface area contributed by atoms with Gasteiger partial charge in [0.1, 0.15) is 11.5 Å². The molecule has 1 fully saturated rings. The third-order valence-electron chi connectivity index (χ3n) is 5.19. The third kappa shape index (κ3) is 7.21. The van der Waals surface area contributed by atoms with Crippen molar-refractivity contribution in [3.05, 3.63) is 35.2 Å². The standard InChI is InChI=1S/C19H27N5O4.CH2O2/c1-11-6-14(24-28-11)9-20-19(26)13-4-5-17(27-3)16(7-13)23-18(25)8-15-12(2)21-10-22-15;2-1-3/h6,10,13,16-17H,4-5,7-9H2,1-3H3,(H,20,26)(H,21,22)(H,23,25);1H,(H,2,3)/t13-,16+,17+;/m0./s1. The van der Waals surface area contributed by atoms with Crippen molar-refractivity contribution >= 4 is 18.3 Å². The zero-order chi connectivity index (χ0) is 22.8. The number of nitrogens with zero attached hydrogens (tertiary/aromatic N) is 2. The monoisotopic (exact) mass is 435 g/mol. The van der Waals surface area contributed by atoms with E-state index in [9.17, 15) is 9.59 Å². The highest BCUT2D eigenvalue weighted by Crippen LogP contribution is 2.27. The van der Waals surface area contributed by atoms with Gasteiger partial charge in [-0.25, -0.2) is 4.98 Å². The summed E-state index contributed by atoms with van der Waals surface area (Å²) >= 11 is 0. The Morgan fingerprint density at radius 1 is 1.39 bits per heavy atom. The Hall–Kier alpha value is -3.21. The van der Waals surface area contributed by atoms with Crippen LogP contribution in [0.25, 0.3) is 0 Å². The topological polar surface area (TPSA) is 159 Å². The van der Waals surface area contributed by atoms with Crippen LogP contribution in [0.5, 0.6) is 0 Å². The van der Waals surface area contributed by atoms with Crippen molar-refractivity contribution in [1.82, 2.24) is 25.8 Å². The first-order chi connectivity index (χ1) is 14.9. The lowest BCUT2D eigenvalue weighted by Gasteiger charge is -2.35. The van der Waals surface area contributed by atoms with Crippen molar-refractivity contribution in [2.24, 2.45) is 5.92 Å². The van der Waals surface area contributed by atoms with Crippen molar-refractivity contribution < 1.29 is 28.8 Å². The van der Waals surface area contributed by atoms with Gasteiger partial charge in [-0.3, -0.25) is 14.4 Å². The smallest absolute Gasteiger partial charge is 0.290 e. The number of hydrogen-bond donors (Lipinski definition) is 4. The maximum atomic E-state index is 12.6. The molecule has 2 aromatic heterocycles. The Morgan fingerprint density at radius 3 is 2.71 bits per heavy atom. The molecule has 0 spiro atoms. The van der Waals surface area contributed by atoms with Crippen LogP contribution in [0.15, 0.2) is 16.9 Å². The molecule has 0 aromatic carbocycles. The number of H-pyrrole nitrogens is 1. The molecule has 1 aliphatic rings. The second-order valence-corrected chi connectivity index (χ2v) is 7.36. The van der Waals surface area contributed by atoms with Gasteiger partial charge >= 0.3 is 0 Å². The molecule has 11 heteroatoms. The largest absolute Gasteiger partial charge is 0.483 e. The van der Waals surface area contributed by atoms with E-state index in [1.54, 1.807) is 19.5 Å². The minimum atomic E-state index is -0.250. The van der Waals surface area contributed by atoms with Crippen LogP contribution in [0.4, 0.5) is 0 Å². The van der Waals surface area contributed by atoms with Gasteiger partial charge in [0.2, 0.25) is 11.8 Å². The predicted molar refractivity (Wildman–Crippen MR) is 109 cm³/mol. The zero-order valence-corrected chi connectivity index (χ0v) is 17.9. The van der Waals surface area contributed by atoms with Gasteiger partial charge in [-0.15, -0.1) is 0 Å². The summed E-state index contributed by atoms with van der Waals surface area (Å²) in [7, 11) is 1.63. The summed E-state index contributed by atoms with van der Waals surface area (Å²) in [5, 5.41) is 16.7. The van der Waals surface area contributed by atoms with E-state index in [1.807, 2.05) is 13.8 Å². The normalized spacial score (nSPS) is 20.3. The summed E-state index contributed by atoms with van der Waals surface area (Å²) in [4.78, 5) is 40.5. The summed E-state index contributed by atoms with van der Waals surface area (Å²) < 4.78 is 10.5. The number of carbonyl (C=O) groups excluding carboxylic acids is 2. The summed E-state index contributed by atoms with van der Waals surface area (Å²) in [5.74, 6) is 0.357. The fourth-order valence-corrected chi connectivity index (χ4v) is 3.61. The van der Waals surface area contributed by atoms with E-state index < -0.39 is 0 Å². The Kier molecular flexibility index (Phi) is 9.19. The molecule has 2 amide bonds. The Balaban J connectivity index is 0.00000107. The number of nitrogens with one attached hydrogen (secondary N) is 3. The predicted octanol–water partition coefficient (Wildman–Crippen LogP) is 0.874. The number of amides is 2. The molecule has 2 heterocycles. The summed E-state index contributed by atoms with van der Waals surface area (Å²) in [5.41, 5.74) is 2.29. The maximum Gasteiger partial charge on any atom is 0.290 e. The molecule has 0 aliphatic heterocycles. The lowest BCUT2D eigenvalue weighted by Crippen LogP contribution is -2.50. The van der Waals surface area contributed by atoms with Crippen LogP contribution >= 0.6 is 0 Å². The summed E-state index contributed by atoms with van der Waals surface area (Å²) in [6, 6.07) is 1.58. The number of carbonyl (C=O) groups is 3. The zero-order valence-electron chi connectivity index (χ0n) is 17.9. The van der Waals surface area contributed by atoms with Crippen LogP contribution < -0.4 is 10.6 Å². The summed E-state index contributed by atoms with van der Waals surface area (Å²) in [6.45, 7) is 3.77. The van der Waals surface area contributed by atoms with Crippen molar-refractivity contribution in [3.8, 4) is 0 Å². The van der Waals surface area contributed by atoms with Gasteiger partial charge in [-0.1, -0.05) is 5.16 Å². The number of aromatic nitrogens is 3. The molecule has 1 saturated carbocycles. The minimum absolute atomic E-state index is 0.0439. The molecule has 0 saturated heterocycles. The Bertz CT molecular complexity index is 864. The number of aromatic amines is 1. The van der Waals surface area contributed by atoms with Crippen molar-refractivity contribution in [3.63, 3.8) is 0 Å². The van der Waals surface area contributed by atoms with E-state index in [1.165, 1.54) is 0 Å². The number of aryl methyl sites for hydroxylation is 2. The molecule has 2 aromatic rings. The lowest BCUT2D eigenvalue weighted by atomic mass is 9.83. The molecule has 0 unspecified atom stereocenters. The first-order valence-corrected chi connectivity index (χ1v) is 9.96. The highest BCUT2D eigenvalue weighted by atomic mass is 16.5. The second kappa shape index (κ2) is 11.8. The van der Waals surface area contributed by atoms with Crippen molar-refractivity contribution in [2.45, 2.75) is 58.2 Å².